The van der Waals surface area contributed by atoms with Gasteiger partial charge in [-0.1, -0.05) is 48.9 Å². The molecule has 0 aromatic heterocycles. The Bertz CT molecular complexity index is 865. The number of benzene rings is 2. The zero-order valence-electron chi connectivity index (χ0n) is 17.2. The fourth-order valence-electron chi connectivity index (χ4n) is 4.75. The van der Waals surface area contributed by atoms with Gasteiger partial charge in [-0.2, -0.15) is 0 Å². The van der Waals surface area contributed by atoms with E-state index >= 15 is 0 Å². The summed E-state index contributed by atoms with van der Waals surface area (Å²) in [6.45, 7) is 2.16. The van der Waals surface area contributed by atoms with Crippen molar-refractivity contribution in [1.29, 1.82) is 0 Å². The first-order chi connectivity index (χ1) is 13.4. The molecule has 4 rings (SSSR count). The van der Waals surface area contributed by atoms with Crippen molar-refractivity contribution in [3.63, 3.8) is 0 Å². The van der Waals surface area contributed by atoms with Crippen LogP contribution in [0.4, 0.5) is 0 Å². The number of rotatable bonds is 5. The lowest BCUT2D eigenvalue weighted by Gasteiger charge is -2.35. The predicted octanol–water partition coefficient (Wildman–Crippen LogP) is 1.39. The van der Waals surface area contributed by atoms with Crippen molar-refractivity contribution < 1.29 is 14.9 Å². The number of aliphatic hydroxyl groups is 2. The fraction of sp³-hybridized carbons (Fsp3) is 0.478. The number of aryl methyl sites for hydroxylation is 3. The second-order valence-electron chi connectivity index (χ2n) is 8.93. The Hall–Kier alpha value is -1.55. The van der Waals surface area contributed by atoms with Gasteiger partial charge in [-0.05, 0) is 52.3 Å². The van der Waals surface area contributed by atoms with Crippen LogP contribution in [0.5, 0.6) is 0 Å². The van der Waals surface area contributed by atoms with E-state index in [1.165, 1.54) is 40.7 Å². The minimum Gasteiger partial charge on any atom is -0.394 e. The summed E-state index contributed by atoms with van der Waals surface area (Å²) in [6.07, 6.45) is 3.59. The zero-order chi connectivity index (χ0) is 19.9. The predicted molar refractivity (Wildman–Crippen MR) is 117 cm³/mol. The number of hydrogen-bond donors (Lipinski definition) is 2. The fourth-order valence-corrected chi connectivity index (χ4v) is 4.75. The van der Waals surface area contributed by atoms with E-state index in [0.29, 0.717) is 12.8 Å². The molecular formula is C23H30B2O3. The molecule has 0 radical (unpaired) electrons. The highest BCUT2D eigenvalue weighted by Crippen LogP contribution is 2.37. The minimum atomic E-state index is -0.425. The SMILES string of the molecule is BC(B)(c1ccc2c(c1)CC2)c1cc(C2CC(O)CC(CO)O2)ccc1CC. The second-order valence-corrected chi connectivity index (χ2v) is 8.93. The molecule has 1 fully saturated rings. The first-order valence-electron chi connectivity index (χ1n) is 10.6. The first-order valence-corrected chi connectivity index (χ1v) is 10.6. The maximum absolute atomic E-state index is 10.2. The maximum atomic E-state index is 10.2. The van der Waals surface area contributed by atoms with Gasteiger partial charge >= 0.3 is 0 Å². The number of aliphatic hydroxyl groups excluding tert-OH is 2. The molecule has 2 aromatic carbocycles. The molecule has 0 amide bonds. The van der Waals surface area contributed by atoms with Gasteiger partial charge in [-0.25, -0.2) is 0 Å². The minimum absolute atomic E-state index is 0.0475. The summed E-state index contributed by atoms with van der Waals surface area (Å²) < 4.78 is 6.07. The normalized spacial score (nSPS) is 24.5. The van der Waals surface area contributed by atoms with Crippen LogP contribution in [0.1, 0.15) is 59.3 Å². The molecule has 3 atom stereocenters. The molecule has 2 aliphatic rings. The Kier molecular flexibility index (Phi) is 5.43. The topological polar surface area (TPSA) is 49.7 Å². The van der Waals surface area contributed by atoms with Crippen LogP contribution in [-0.4, -0.2) is 44.7 Å². The van der Waals surface area contributed by atoms with Crippen molar-refractivity contribution in [3.05, 3.63) is 69.8 Å². The molecule has 3 unspecified atom stereocenters. The van der Waals surface area contributed by atoms with E-state index in [2.05, 4.69) is 59.0 Å². The average Bonchev–Trinajstić information content (AvgIpc) is 2.67. The number of fused-ring (bicyclic) bond motifs is 1. The molecule has 1 aliphatic carbocycles. The Morgan fingerprint density at radius 1 is 1.07 bits per heavy atom. The van der Waals surface area contributed by atoms with Crippen molar-refractivity contribution in [2.75, 3.05) is 6.61 Å². The van der Waals surface area contributed by atoms with Crippen LogP contribution in [0.15, 0.2) is 36.4 Å². The number of ether oxygens (including phenoxy) is 1. The third-order valence-corrected chi connectivity index (χ3v) is 6.73. The Labute approximate surface area is 169 Å². The van der Waals surface area contributed by atoms with Gasteiger partial charge in [-0.3, -0.25) is 0 Å². The van der Waals surface area contributed by atoms with Gasteiger partial charge in [0.25, 0.3) is 0 Å². The molecular weight excluding hydrogens is 346 g/mol. The van der Waals surface area contributed by atoms with Gasteiger partial charge in [0, 0.05) is 12.8 Å². The summed E-state index contributed by atoms with van der Waals surface area (Å²) in [5.74, 6) is 0. The molecule has 28 heavy (non-hydrogen) atoms. The van der Waals surface area contributed by atoms with E-state index in [4.69, 9.17) is 4.74 Å². The quantitative estimate of drug-likeness (QED) is 0.776. The average molecular weight is 376 g/mol. The molecule has 2 aromatic rings. The van der Waals surface area contributed by atoms with Crippen molar-refractivity contribution in [3.8, 4) is 0 Å². The van der Waals surface area contributed by atoms with Crippen LogP contribution in [0, 0.1) is 0 Å². The van der Waals surface area contributed by atoms with Crippen LogP contribution in [0.3, 0.4) is 0 Å². The summed E-state index contributed by atoms with van der Waals surface area (Å²) in [4.78, 5) is 0. The molecule has 2 N–H and O–H groups in total. The molecule has 5 heteroatoms. The third kappa shape index (κ3) is 3.56. The van der Waals surface area contributed by atoms with Crippen LogP contribution in [0.25, 0.3) is 0 Å². The van der Waals surface area contributed by atoms with Crippen LogP contribution >= 0.6 is 0 Å². The monoisotopic (exact) mass is 376 g/mol. The highest BCUT2D eigenvalue weighted by Gasteiger charge is 2.32. The van der Waals surface area contributed by atoms with Crippen LogP contribution in [-0.2, 0) is 29.2 Å². The molecule has 1 saturated heterocycles. The Morgan fingerprint density at radius 2 is 1.86 bits per heavy atom. The van der Waals surface area contributed by atoms with Gasteiger partial charge in [0.05, 0.1) is 24.9 Å². The lowest BCUT2D eigenvalue weighted by Crippen LogP contribution is -2.34. The van der Waals surface area contributed by atoms with Gasteiger partial charge in [0.1, 0.15) is 15.7 Å². The first kappa shape index (κ1) is 19.8. The van der Waals surface area contributed by atoms with E-state index in [-0.39, 0.29) is 24.0 Å². The summed E-state index contributed by atoms with van der Waals surface area (Å²) in [7, 11) is 4.61. The molecule has 1 heterocycles. The van der Waals surface area contributed by atoms with E-state index in [0.717, 1.165) is 12.0 Å². The molecule has 0 saturated carbocycles. The lowest BCUT2D eigenvalue weighted by atomic mass is 9.47. The van der Waals surface area contributed by atoms with Crippen molar-refractivity contribution in [1.82, 2.24) is 0 Å². The highest BCUT2D eigenvalue weighted by molar-refractivity contribution is 6.42. The molecule has 0 spiro atoms. The maximum Gasteiger partial charge on any atom is 0.110 e. The van der Waals surface area contributed by atoms with Gasteiger partial charge in [-0.15, -0.1) is 0 Å². The van der Waals surface area contributed by atoms with Crippen molar-refractivity contribution in [2.45, 2.75) is 62.6 Å². The van der Waals surface area contributed by atoms with E-state index in [1.54, 1.807) is 0 Å². The van der Waals surface area contributed by atoms with Crippen LogP contribution < -0.4 is 0 Å². The molecule has 3 nitrogen and oxygen atoms in total. The van der Waals surface area contributed by atoms with E-state index in [9.17, 15) is 10.2 Å². The van der Waals surface area contributed by atoms with Gasteiger partial charge in [0.2, 0.25) is 0 Å². The largest absolute Gasteiger partial charge is 0.394 e. The zero-order valence-corrected chi connectivity index (χ0v) is 17.2. The van der Waals surface area contributed by atoms with Gasteiger partial charge in [0.15, 0.2) is 0 Å². The lowest BCUT2D eigenvalue weighted by molar-refractivity contribution is -0.113. The summed E-state index contributed by atoms with van der Waals surface area (Å²) in [5, 5.41) is 19.6. The van der Waals surface area contributed by atoms with E-state index in [1.807, 2.05) is 0 Å². The van der Waals surface area contributed by atoms with E-state index < -0.39 is 6.10 Å². The Balaban J connectivity index is 1.71. The van der Waals surface area contributed by atoms with Gasteiger partial charge < -0.3 is 14.9 Å². The number of hydrogen-bond acceptors (Lipinski definition) is 3. The molecule has 146 valence electrons. The molecule has 1 aliphatic heterocycles. The smallest absolute Gasteiger partial charge is 0.110 e. The van der Waals surface area contributed by atoms with Crippen LogP contribution in [0.2, 0.25) is 0 Å². The summed E-state index contributed by atoms with van der Waals surface area (Å²) in [5.41, 5.74) is 8.12. The van der Waals surface area contributed by atoms with Crippen molar-refractivity contribution >= 4 is 15.7 Å². The van der Waals surface area contributed by atoms with Crippen molar-refractivity contribution in [2.24, 2.45) is 0 Å². The third-order valence-electron chi connectivity index (χ3n) is 6.73. The summed E-state index contributed by atoms with van der Waals surface area (Å²) in [6, 6.07) is 13.6. The second kappa shape index (κ2) is 7.70. The summed E-state index contributed by atoms with van der Waals surface area (Å²) >= 11 is 0. The Morgan fingerprint density at radius 3 is 2.50 bits per heavy atom. The standard InChI is InChI=1S/C23H30B2O3/c1-2-14-3-6-17(22-12-19(27)11-20(13-26)28-22)10-21(14)23(24,25)18-8-7-15-4-5-16(15)9-18/h3,6-10,19-20,22,26-27H,2,4-5,11-13,24-25H2,1H3. The molecule has 0 bridgehead atoms. The highest BCUT2D eigenvalue weighted by atomic mass is 16.5.